The summed E-state index contributed by atoms with van der Waals surface area (Å²) in [4.78, 5) is 24.4. The number of dihydropyridines is 1. The first-order chi connectivity index (χ1) is 17.0. The van der Waals surface area contributed by atoms with Gasteiger partial charge in [0.05, 0.1) is 48.0 Å². The monoisotopic (exact) mass is 538 g/mol. The highest BCUT2D eigenvalue weighted by Crippen LogP contribution is 2.41. The second kappa shape index (κ2) is 13.2. The average Bonchev–Trinajstić information content (AvgIpc) is 2.84. The van der Waals surface area contributed by atoms with Gasteiger partial charge >= 0.3 is 11.9 Å². The predicted molar refractivity (Wildman–Crippen MR) is 133 cm³/mol. The van der Waals surface area contributed by atoms with Crippen molar-refractivity contribution in [3.05, 3.63) is 87.7 Å². The van der Waals surface area contributed by atoms with Gasteiger partial charge in [-0.15, -0.1) is 0 Å². The van der Waals surface area contributed by atoms with Gasteiger partial charge in [-0.3, -0.25) is 4.55 Å². The smallest absolute Gasteiger partial charge is 0.336 e. The fourth-order valence-electron chi connectivity index (χ4n) is 3.51. The van der Waals surface area contributed by atoms with Crippen LogP contribution in [0.15, 0.2) is 82.0 Å². The van der Waals surface area contributed by atoms with Crippen molar-refractivity contribution in [1.29, 1.82) is 0 Å². The van der Waals surface area contributed by atoms with Crippen molar-refractivity contribution in [2.75, 3.05) is 26.9 Å². The second-order valence-corrected chi connectivity index (χ2v) is 9.27. The molecule has 0 amide bonds. The zero-order chi connectivity index (χ0) is 26.9. The Kier molecular flexibility index (Phi) is 10.6. The molecule has 0 saturated carbocycles. The summed E-state index contributed by atoms with van der Waals surface area (Å²) in [5, 5.41) is 13.2. The number of nitrogens with one attached hydrogen (secondary N) is 1. The molecule has 1 heterocycles. The first kappa shape index (κ1) is 29.0. The highest BCUT2D eigenvalue weighted by atomic mass is 35.5. The van der Waals surface area contributed by atoms with Crippen molar-refractivity contribution in [3.63, 3.8) is 0 Å². The van der Waals surface area contributed by atoms with Crippen LogP contribution in [0, 0.1) is 0 Å². The molecule has 0 aromatic heterocycles. The molecule has 2 aromatic carbocycles. The van der Waals surface area contributed by atoms with Gasteiger partial charge in [0.1, 0.15) is 0 Å². The fourth-order valence-corrected chi connectivity index (χ4v) is 4.26. The molecule has 0 radical (unpaired) electrons. The van der Waals surface area contributed by atoms with Gasteiger partial charge in [0, 0.05) is 17.3 Å². The number of nitrogens with two attached hydrogens (primary N) is 1. The summed E-state index contributed by atoms with van der Waals surface area (Å²) in [5.41, 5.74) is 6.94. The van der Waals surface area contributed by atoms with E-state index in [1.54, 1.807) is 49.4 Å². The summed E-state index contributed by atoms with van der Waals surface area (Å²) in [7, 11) is -2.76. The Morgan fingerprint density at radius 2 is 1.69 bits per heavy atom. The number of hydrogen-bond acceptors (Lipinski definition) is 8. The molecule has 1 atom stereocenters. The van der Waals surface area contributed by atoms with E-state index in [2.05, 4.69) is 5.32 Å². The molecule has 1 unspecified atom stereocenters. The van der Waals surface area contributed by atoms with Crippen LogP contribution in [0.1, 0.15) is 18.4 Å². The minimum atomic E-state index is -4.00. The molecule has 3 rings (SSSR count). The molecular formula is C24H27ClN2O8S. The number of aliphatic carboxylic acids is 1. The number of esters is 1. The van der Waals surface area contributed by atoms with Crippen molar-refractivity contribution >= 4 is 33.7 Å². The Labute approximate surface area is 214 Å². The molecule has 12 heteroatoms. The maximum absolute atomic E-state index is 12.4. The number of carbonyl (C=O) groups is 2. The number of ether oxygens (including phenoxy) is 2. The van der Waals surface area contributed by atoms with Crippen LogP contribution in [-0.4, -0.2) is 56.9 Å². The Morgan fingerprint density at radius 3 is 2.19 bits per heavy atom. The zero-order valence-corrected chi connectivity index (χ0v) is 21.2. The van der Waals surface area contributed by atoms with E-state index in [1.807, 2.05) is 0 Å². The molecule has 36 heavy (non-hydrogen) atoms. The molecule has 2 aromatic rings. The summed E-state index contributed by atoms with van der Waals surface area (Å²) in [6.07, 6.45) is 0. The molecule has 0 aliphatic carbocycles. The third-order valence-corrected chi connectivity index (χ3v) is 6.26. The van der Waals surface area contributed by atoms with Gasteiger partial charge in [0.2, 0.25) is 0 Å². The van der Waals surface area contributed by atoms with Gasteiger partial charge in [-0.1, -0.05) is 48.0 Å². The number of carbonyl (C=O) groups excluding carboxylic acids is 1. The Morgan fingerprint density at radius 1 is 1.08 bits per heavy atom. The standard InChI is InChI=1S/C18H21ClN2O5.C6H6O3S/c1-10-14(18(24)25-2)15(11-5-3-4-6-12(11)19)16(17(22)23)13(21-10)9-26-8-7-20;7-10(8,9)6-4-2-1-3-5-6/h3-6,15,21H,7-9,20H2,1-2H3,(H,22,23);1-5H,(H,7,8,9). The quantitative estimate of drug-likeness (QED) is 0.223. The molecule has 10 nitrogen and oxygen atoms in total. The Hall–Kier alpha value is -3.22. The fraction of sp³-hybridized carbons (Fsp3) is 0.250. The Bertz CT molecular complexity index is 1260. The highest BCUT2D eigenvalue weighted by Gasteiger charge is 2.38. The highest BCUT2D eigenvalue weighted by molar-refractivity contribution is 7.85. The van der Waals surface area contributed by atoms with Gasteiger partial charge in [-0.25, -0.2) is 9.59 Å². The molecule has 0 bridgehead atoms. The number of methoxy groups -OCH3 is 1. The molecule has 1 aliphatic rings. The summed E-state index contributed by atoms with van der Waals surface area (Å²) in [6, 6.07) is 14.2. The van der Waals surface area contributed by atoms with Gasteiger partial charge in [0.15, 0.2) is 0 Å². The second-order valence-electron chi connectivity index (χ2n) is 7.44. The SMILES string of the molecule is COC(=O)C1=C(C)NC(COCCN)=C(C(=O)O)C1c1ccccc1Cl.O=S(=O)(O)c1ccccc1. The van der Waals surface area contributed by atoms with Crippen molar-refractivity contribution in [2.45, 2.75) is 17.7 Å². The topological polar surface area (TPSA) is 165 Å². The van der Waals surface area contributed by atoms with Crippen molar-refractivity contribution in [1.82, 2.24) is 5.32 Å². The minimum Gasteiger partial charge on any atom is -0.478 e. The molecular weight excluding hydrogens is 512 g/mol. The van der Waals surface area contributed by atoms with Crippen LogP contribution in [-0.2, 0) is 29.2 Å². The summed E-state index contributed by atoms with van der Waals surface area (Å²) >= 11 is 6.30. The normalized spacial score (nSPS) is 15.5. The summed E-state index contributed by atoms with van der Waals surface area (Å²) in [5.74, 6) is -2.69. The predicted octanol–water partition coefficient (Wildman–Crippen LogP) is 2.72. The maximum Gasteiger partial charge on any atom is 0.336 e. The number of carboxylic acids is 1. The van der Waals surface area contributed by atoms with Gasteiger partial charge in [0.25, 0.3) is 10.1 Å². The van der Waals surface area contributed by atoms with E-state index in [1.165, 1.54) is 19.2 Å². The first-order valence-corrected chi connectivity index (χ1v) is 12.4. The van der Waals surface area contributed by atoms with Crippen LogP contribution < -0.4 is 11.1 Å². The van der Waals surface area contributed by atoms with Crippen LogP contribution in [0.5, 0.6) is 0 Å². The van der Waals surface area contributed by atoms with Gasteiger partial charge in [-0.2, -0.15) is 8.42 Å². The van der Waals surface area contributed by atoms with Crippen LogP contribution in [0.25, 0.3) is 0 Å². The van der Waals surface area contributed by atoms with Crippen LogP contribution in [0.3, 0.4) is 0 Å². The number of carboxylic acid groups (broad SMARTS) is 1. The average molecular weight is 539 g/mol. The van der Waals surface area contributed by atoms with E-state index in [-0.39, 0.29) is 29.3 Å². The molecule has 1 aliphatic heterocycles. The van der Waals surface area contributed by atoms with Crippen LogP contribution in [0.4, 0.5) is 0 Å². The molecule has 5 N–H and O–H groups in total. The van der Waals surface area contributed by atoms with E-state index >= 15 is 0 Å². The van der Waals surface area contributed by atoms with Gasteiger partial charge < -0.3 is 25.6 Å². The van der Waals surface area contributed by atoms with Crippen molar-refractivity contribution in [2.24, 2.45) is 5.73 Å². The lowest BCUT2D eigenvalue weighted by atomic mass is 9.80. The largest absolute Gasteiger partial charge is 0.478 e. The van der Waals surface area contributed by atoms with Crippen LogP contribution >= 0.6 is 11.6 Å². The van der Waals surface area contributed by atoms with Crippen molar-refractivity contribution < 1.29 is 37.1 Å². The lowest BCUT2D eigenvalue weighted by Crippen LogP contribution is -2.34. The number of benzene rings is 2. The summed E-state index contributed by atoms with van der Waals surface area (Å²) < 4.78 is 39.5. The third kappa shape index (κ3) is 7.39. The number of rotatable bonds is 8. The first-order valence-electron chi connectivity index (χ1n) is 10.6. The maximum atomic E-state index is 12.4. The van der Waals surface area contributed by atoms with Crippen LogP contribution in [0.2, 0.25) is 5.02 Å². The molecule has 0 spiro atoms. The van der Waals surface area contributed by atoms with E-state index in [4.69, 9.17) is 31.4 Å². The Balaban J connectivity index is 0.000000380. The van der Waals surface area contributed by atoms with E-state index in [0.29, 0.717) is 28.5 Å². The lowest BCUT2D eigenvalue weighted by molar-refractivity contribution is -0.136. The number of hydrogen-bond donors (Lipinski definition) is 4. The van der Waals surface area contributed by atoms with E-state index in [9.17, 15) is 23.1 Å². The molecule has 0 saturated heterocycles. The number of halogens is 1. The summed E-state index contributed by atoms with van der Waals surface area (Å²) in [6.45, 7) is 2.29. The van der Waals surface area contributed by atoms with Crippen molar-refractivity contribution in [3.8, 4) is 0 Å². The molecule has 0 fully saturated rings. The number of allylic oxidation sites excluding steroid dienone is 1. The van der Waals surface area contributed by atoms with Gasteiger partial charge in [-0.05, 0) is 30.7 Å². The molecule has 194 valence electrons. The third-order valence-electron chi connectivity index (χ3n) is 5.05. The lowest BCUT2D eigenvalue weighted by Gasteiger charge is -2.31. The zero-order valence-electron chi connectivity index (χ0n) is 19.6. The van der Waals surface area contributed by atoms with E-state index in [0.717, 1.165) is 0 Å². The van der Waals surface area contributed by atoms with E-state index < -0.39 is 28.0 Å². The minimum absolute atomic E-state index is 0.0129.